The molecule has 2 heterocycles. The predicted octanol–water partition coefficient (Wildman–Crippen LogP) is 1.91. The van der Waals surface area contributed by atoms with Crippen LogP contribution >= 0.6 is 0 Å². The van der Waals surface area contributed by atoms with Crippen molar-refractivity contribution in [1.82, 2.24) is 20.1 Å². The van der Waals surface area contributed by atoms with Gasteiger partial charge in [-0.05, 0) is 18.9 Å². The minimum absolute atomic E-state index is 0.155. The van der Waals surface area contributed by atoms with Crippen LogP contribution in [0.1, 0.15) is 34.8 Å². The van der Waals surface area contributed by atoms with Gasteiger partial charge in [0.15, 0.2) is 5.69 Å². The molecule has 2 aliphatic rings. The molecule has 2 fully saturated rings. The van der Waals surface area contributed by atoms with Gasteiger partial charge in [-0.2, -0.15) is 0 Å². The molecular weight excluding hydrogens is 384 g/mol. The normalized spacial score (nSPS) is 17.3. The standard InChI is InChI=1S/C22H30N4O4/c1-28-20-5-3-2-4-17(20)14-26(9-8-25-10-12-29-13-11-25)15-21-24-19(16-30-21)22(27)23-18-6-7-18/h2-5,16,18H,6-15H2,1H3,(H,23,27). The first-order valence-electron chi connectivity index (χ1n) is 10.6. The lowest BCUT2D eigenvalue weighted by Crippen LogP contribution is -2.41. The molecule has 8 heteroatoms. The lowest BCUT2D eigenvalue weighted by atomic mass is 10.2. The molecule has 1 N–H and O–H groups in total. The SMILES string of the molecule is COc1ccccc1CN(CCN1CCOCC1)Cc1nc(C(=O)NC2CC2)co1. The van der Waals surface area contributed by atoms with Crippen LogP contribution in [0.3, 0.4) is 0 Å². The maximum absolute atomic E-state index is 12.2. The monoisotopic (exact) mass is 414 g/mol. The van der Waals surface area contributed by atoms with Gasteiger partial charge in [0.25, 0.3) is 5.91 Å². The largest absolute Gasteiger partial charge is 0.496 e. The maximum Gasteiger partial charge on any atom is 0.273 e. The Hall–Kier alpha value is -2.42. The number of nitrogens with zero attached hydrogens (tertiary/aromatic N) is 3. The average molecular weight is 415 g/mol. The number of nitrogens with one attached hydrogen (secondary N) is 1. The van der Waals surface area contributed by atoms with Gasteiger partial charge in [-0.15, -0.1) is 0 Å². The fourth-order valence-corrected chi connectivity index (χ4v) is 3.56. The zero-order chi connectivity index (χ0) is 20.8. The van der Waals surface area contributed by atoms with Crippen molar-refractivity contribution in [3.63, 3.8) is 0 Å². The number of aromatic nitrogens is 1. The number of hydrogen-bond donors (Lipinski definition) is 1. The van der Waals surface area contributed by atoms with E-state index in [0.717, 1.165) is 63.5 Å². The number of carbonyl (C=O) groups excluding carboxylic acids is 1. The summed E-state index contributed by atoms with van der Waals surface area (Å²) in [4.78, 5) is 21.3. The topological polar surface area (TPSA) is 80.1 Å². The Morgan fingerprint density at radius 1 is 1.27 bits per heavy atom. The van der Waals surface area contributed by atoms with E-state index >= 15 is 0 Å². The summed E-state index contributed by atoms with van der Waals surface area (Å²) in [7, 11) is 1.69. The molecule has 1 aliphatic heterocycles. The quantitative estimate of drug-likeness (QED) is 0.636. The van der Waals surface area contributed by atoms with Crippen LogP contribution in [-0.2, 0) is 17.8 Å². The molecule has 0 spiro atoms. The summed E-state index contributed by atoms with van der Waals surface area (Å²) in [6.07, 6.45) is 3.55. The van der Waals surface area contributed by atoms with E-state index in [9.17, 15) is 4.79 Å². The summed E-state index contributed by atoms with van der Waals surface area (Å²) in [6.45, 7) is 6.50. The molecular formula is C22H30N4O4. The van der Waals surface area contributed by atoms with Crippen LogP contribution in [0.25, 0.3) is 0 Å². The number of ether oxygens (including phenoxy) is 2. The summed E-state index contributed by atoms with van der Waals surface area (Å²) < 4.78 is 16.6. The second-order valence-corrected chi connectivity index (χ2v) is 7.85. The van der Waals surface area contributed by atoms with Gasteiger partial charge in [0, 0.05) is 44.3 Å². The third kappa shape index (κ3) is 5.81. The molecule has 1 saturated carbocycles. The highest BCUT2D eigenvalue weighted by molar-refractivity contribution is 5.92. The minimum atomic E-state index is -0.155. The number of rotatable bonds is 10. The summed E-state index contributed by atoms with van der Waals surface area (Å²) in [6, 6.07) is 8.34. The molecule has 1 amide bonds. The molecule has 8 nitrogen and oxygen atoms in total. The average Bonchev–Trinajstić information content (AvgIpc) is 3.47. The fourth-order valence-electron chi connectivity index (χ4n) is 3.56. The van der Waals surface area contributed by atoms with Crippen molar-refractivity contribution in [1.29, 1.82) is 0 Å². The van der Waals surface area contributed by atoms with Gasteiger partial charge in [-0.25, -0.2) is 4.98 Å². The highest BCUT2D eigenvalue weighted by Gasteiger charge is 2.25. The summed E-state index contributed by atoms with van der Waals surface area (Å²) in [5, 5.41) is 2.95. The number of carbonyl (C=O) groups is 1. The van der Waals surface area contributed by atoms with Crippen molar-refractivity contribution in [3.05, 3.63) is 47.7 Å². The van der Waals surface area contributed by atoms with Crippen LogP contribution in [0.4, 0.5) is 0 Å². The van der Waals surface area contributed by atoms with E-state index in [1.165, 1.54) is 6.26 Å². The van der Waals surface area contributed by atoms with E-state index in [1.807, 2.05) is 18.2 Å². The minimum Gasteiger partial charge on any atom is -0.496 e. The Bertz CT molecular complexity index is 830. The molecule has 4 rings (SSSR count). The summed E-state index contributed by atoms with van der Waals surface area (Å²) in [5.74, 6) is 1.26. The second-order valence-electron chi connectivity index (χ2n) is 7.85. The molecule has 0 atom stereocenters. The first-order valence-corrected chi connectivity index (χ1v) is 10.6. The predicted molar refractivity (Wildman–Crippen MR) is 111 cm³/mol. The highest BCUT2D eigenvalue weighted by atomic mass is 16.5. The van der Waals surface area contributed by atoms with E-state index in [0.29, 0.717) is 30.7 Å². The van der Waals surface area contributed by atoms with E-state index in [4.69, 9.17) is 13.9 Å². The van der Waals surface area contributed by atoms with Crippen molar-refractivity contribution in [3.8, 4) is 5.75 Å². The summed E-state index contributed by atoms with van der Waals surface area (Å²) in [5.41, 5.74) is 1.46. The lowest BCUT2D eigenvalue weighted by Gasteiger charge is -2.29. The Balaban J connectivity index is 1.42. The summed E-state index contributed by atoms with van der Waals surface area (Å²) >= 11 is 0. The van der Waals surface area contributed by atoms with Crippen molar-refractivity contribution < 1.29 is 18.7 Å². The van der Waals surface area contributed by atoms with Crippen LogP contribution in [0, 0.1) is 0 Å². The molecule has 1 aliphatic carbocycles. The Labute approximate surface area is 177 Å². The molecule has 2 aromatic rings. The molecule has 0 radical (unpaired) electrons. The molecule has 0 unspecified atom stereocenters. The van der Waals surface area contributed by atoms with Gasteiger partial charge in [-0.3, -0.25) is 14.6 Å². The zero-order valence-electron chi connectivity index (χ0n) is 17.5. The molecule has 162 valence electrons. The van der Waals surface area contributed by atoms with Crippen LogP contribution < -0.4 is 10.1 Å². The first kappa shape index (κ1) is 20.8. The fraction of sp³-hybridized carbons (Fsp3) is 0.545. The van der Waals surface area contributed by atoms with Crippen LogP contribution in [-0.4, -0.2) is 73.2 Å². The van der Waals surface area contributed by atoms with E-state index < -0.39 is 0 Å². The number of methoxy groups -OCH3 is 1. The number of para-hydroxylation sites is 1. The van der Waals surface area contributed by atoms with Crippen LogP contribution in [0.15, 0.2) is 34.9 Å². The van der Waals surface area contributed by atoms with Crippen molar-refractivity contribution in [2.24, 2.45) is 0 Å². The lowest BCUT2D eigenvalue weighted by molar-refractivity contribution is 0.0320. The van der Waals surface area contributed by atoms with Crippen LogP contribution in [0.2, 0.25) is 0 Å². The first-order chi connectivity index (χ1) is 14.7. The third-order valence-electron chi connectivity index (χ3n) is 5.48. The third-order valence-corrected chi connectivity index (χ3v) is 5.48. The number of morpholine rings is 1. The van der Waals surface area contributed by atoms with E-state index in [1.54, 1.807) is 7.11 Å². The Kier molecular flexibility index (Phi) is 6.99. The van der Waals surface area contributed by atoms with E-state index in [2.05, 4.69) is 26.2 Å². The zero-order valence-corrected chi connectivity index (χ0v) is 17.5. The van der Waals surface area contributed by atoms with Gasteiger partial charge in [0.2, 0.25) is 5.89 Å². The number of benzene rings is 1. The van der Waals surface area contributed by atoms with Crippen molar-refractivity contribution in [2.45, 2.75) is 32.0 Å². The van der Waals surface area contributed by atoms with Gasteiger partial charge < -0.3 is 19.2 Å². The molecule has 1 saturated heterocycles. The number of amides is 1. The highest BCUT2D eigenvalue weighted by Crippen LogP contribution is 2.21. The van der Waals surface area contributed by atoms with Crippen molar-refractivity contribution in [2.75, 3.05) is 46.5 Å². The Morgan fingerprint density at radius 3 is 2.83 bits per heavy atom. The Morgan fingerprint density at radius 2 is 2.07 bits per heavy atom. The second kappa shape index (κ2) is 10.1. The van der Waals surface area contributed by atoms with E-state index in [-0.39, 0.29) is 5.91 Å². The number of oxazole rings is 1. The van der Waals surface area contributed by atoms with Crippen LogP contribution in [0.5, 0.6) is 5.75 Å². The van der Waals surface area contributed by atoms with Gasteiger partial charge in [-0.1, -0.05) is 18.2 Å². The molecule has 30 heavy (non-hydrogen) atoms. The smallest absolute Gasteiger partial charge is 0.273 e. The van der Waals surface area contributed by atoms with Gasteiger partial charge in [0.05, 0.1) is 26.9 Å². The van der Waals surface area contributed by atoms with Gasteiger partial charge in [0.1, 0.15) is 12.0 Å². The molecule has 1 aromatic carbocycles. The molecule has 0 bridgehead atoms. The number of hydrogen-bond acceptors (Lipinski definition) is 7. The van der Waals surface area contributed by atoms with Gasteiger partial charge >= 0.3 is 0 Å². The maximum atomic E-state index is 12.2. The van der Waals surface area contributed by atoms with Crippen molar-refractivity contribution >= 4 is 5.91 Å². The molecule has 1 aromatic heterocycles.